The van der Waals surface area contributed by atoms with Crippen molar-refractivity contribution in [2.75, 3.05) is 18.4 Å². The van der Waals surface area contributed by atoms with Crippen molar-refractivity contribution < 1.29 is 13.2 Å². The zero-order valence-electron chi connectivity index (χ0n) is 16.8. The van der Waals surface area contributed by atoms with Gasteiger partial charge in [0.05, 0.1) is 23.6 Å². The molecular formula is C22H23ClN4O3S. The standard InChI is InChI=1S/C22H23ClN4O3S/c23-19-8-10-20(11-9-19)31(29,30)26-14-4-7-18(16-26)22(28)25-21-12-13-24-27(21)15-17-5-2-1-3-6-17/h1-3,5-6,8-13,18H,4,7,14-16H2,(H,25,28). The van der Waals surface area contributed by atoms with E-state index in [1.54, 1.807) is 29.1 Å². The summed E-state index contributed by atoms with van der Waals surface area (Å²) in [5.41, 5.74) is 1.07. The maximum absolute atomic E-state index is 13.0. The van der Waals surface area contributed by atoms with Crippen LogP contribution < -0.4 is 5.32 Å². The van der Waals surface area contributed by atoms with Crippen LogP contribution in [0.25, 0.3) is 0 Å². The molecule has 1 saturated heterocycles. The molecule has 9 heteroatoms. The van der Waals surface area contributed by atoms with E-state index in [4.69, 9.17) is 11.6 Å². The van der Waals surface area contributed by atoms with E-state index in [9.17, 15) is 13.2 Å². The van der Waals surface area contributed by atoms with Crippen molar-refractivity contribution in [3.8, 4) is 0 Å². The summed E-state index contributed by atoms with van der Waals surface area (Å²) >= 11 is 5.88. The van der Waals surface area contributed by atoms with Crippen molar-refractivity contribution in [2.45, 2.75) is 24.3 Å². The van der Waals surface area contributed by atoms with Crippen LogP contribution >= 0.6 is 11.6 Å². The van der Waals surface area contributed by atoms with Gasteiger partial charge < -0.3 is 5.32 Å². The lowest BCUT2D eigenvalue weighted by Crippen LogP contribution is -2.43. The van der Waals surface area contributed by atoms with Gasteiger partial charge in [-0.15, -0.1) is 0 Å². The molecule has 1 amide bonds. The zero-order chi connectivity index (χ0) is 21.8. The summed E-state index contributed by atoms with van der Waals surface area (Å²) < 4.78 is 29.1. The van der Waals surface area contributed by atoms with E-state index >= 15 is 0 Å². The second-order valence-corrected chi connectivity index (χ2v) is 9.88. The maximum Gasteiger partial charge on any atom is 0.243 e. The number of nitrogens with zero attached hydrogens (tertiary/aromatic N) is 3. The van der Waals surface area contributed by atoms with Gasteiger partial charge in [0.15, 0.2) is 0 Å². The van der Waals surface area contributed by atoms with E-state index in [-0.39, 0.29) is 17.3 Å². The normalized spacial score (nSPS) is 17.4. The van der Waals surface area contributed by atoms with Gasteiger partial charge in [0, 0.05) is 24.2 Å². The smallest absolute Gasteiger partial charge is 0.243 e. The number of benzene rings is 2. The molecule has 162 valence electrons. The van der Waals surface area contributed by atoms with Gasteiger partial charge in [-0.3, -0.25) is 4.79 Å². The maximum atomic E-state index is 13.0. The summed E-state index contributed by atoms with van der Waals surface area (Å²) in [4.78, 5) is 13.1. The lowest BCUT2D eigenvalue weighted by molar-refractivity contribution is -0.120. The Labute approximate surface area is 186 Å². The van der Waals surface area contributed by atoms with E-state index in [0.717, 1.165) is 5.56 Å². The Morgan fingerprint density at radius 2 is 1.84 bits per heavy atom. The number of carbonyl (C=O) groups excluding carboxylic acids is 1. The number of piperidine rings is 1. The van der Waals surface area contributed by atoms with Crippen LogP contribution in [0.5, 0.6) is 0 Å². The number of anilines is 1. The quantitative estimate of drug-likeness (QED) is 0.611. The summed E-state index contributed by atoms with van der Waals surface area (Å²) in [6, 6.07) is 17.7. The van der Waals surface area contributed by atoms with E-state index in [1.807, 2.05) is 30.3 Å². The number of sulfonamides is 1. The first-order chi connectivity index (χ1) is 14.9. The second kappa shape index (κ2) is 9.21. The number of carbonyl (C=O) groups is 1. The van der Waals surface area contributed by atoms with E-state index < -0.39 is 15.9 Å². The number of amides is 1. The van der Waals surface area contributed by atoms with E-state index in [0.29, 0.717) is 36.8 Å². The monoisotopic (exact) mass is 458 g/mol. The van der Waals surface area contributed by atoms with Crippen molar-refractivity contribution in [1.29, 1.82) is 0 Å². The van der Waals surface area contributed by atoms with Gasteiger partial charge in [0.2, 0.25) is 15.9 Å². The van der Waals surface area contributed by atoms with Gasteiger partial charge in [-0.05, 0) is 42.7 Å². The summed E-state index contributed by atoms with van der Waals surface area (Å²) in [5.74, 6) is -0.0479. The van der Waals surface area contributed by atoms with E-state index in [1.165, 1.54) is 16.4 Å². The largest absolute Gasteiger partial charge is 0.311 e. The Morgan fingerprint density at radius 1 is 1.10 bits per heavy atom. The molecule has 0 saturated carbocycles. The highest BCUT2D eigenvalue weighted by Gasteiger charge is 2.33. The summed E-state index contributed by atoms with van der Waals surface area (Å²) in [5, 5.41) is 7.69. The number of aromatic nitrogens is 2. The Hall–Kier alpha value is -2.68. The number of halogens is 1. The molecule has 1 aromatic heterocycles. The lowest BCUT2D eigenvalue weighted by Gasteiger charge is -2.31. The van der Waals surface area contributed by atoms with Crippen LogP contribution in [0.2, 0.25) is 5.02 Å². The molecule has 1 atom stereocenters. The third kappa shape index (κ3) is 4.98. The summed E-state index contributed by atoms with van der Waals surface area (Å²) in [7, 11) is -3.68. The summed E-state index contributed by atoms with van der Waals surface area (Å²) in [6.07, 6.45) is 2.89. The molecule has 1 unspecified atom stereocenters. The first-order valence-electron chi connectivity index (χ1n) is 10.1. The van der Waals surface area contributed by atoms with Crippen LogP contribution in [0, 0.1) is 5.92 Å². The van der Waals surface area contributed by atoms with Crippen LogP contribution in [-0.4, -0.2) is 41.5 Å². The number of nitrogens with one attached hydrogen (secondary N) is 1. The predicted molar refractivity (Wildman–Crippen MR) is 119 cm³/mol. The van der Waals surface area contributed by atoms with Crippen molar-refractivity contribution in [2.24, 2.45) is 5.92 Å². The van der Waals surface area contributed by atoms with Crippen molar-refractivity contribution in [3.05, 3.63) is 77.4 Å². The third-order valence-corrected chi connectivity index (χ3v) is 7.48. The molecule has 3 aromatic rings. The van der Waals surface area contributed by atoms with Crippen LogP contribution in [-0.2, 0) is 21.4 Å². The molecule has 0 bridgehead atoms. The molecule has 7 nitrogen and oxygen atoms in total. The van der Waals surface area contributed by atoms with Gasteiger partial charge in [0.1, 0.15) is 5.82 Å². The highest BCUT2D eigenvalue weighted by Crippen LogP contribution is 2.25. The Balaban J connectivity index is 1.44. The van der Waals surface area contributed by atoms with Crippen LogP contribution in [0.4, 0.5) is 5.82 Å². The molecule has 1 fully saturated rings. The molecule has 1 N–H and O–H groups in total. The van der Waals surface area contributed by atoms with Crippen LogP contribution in [0.15, 0.2) is 71.8 Å². The minimum atomic E-state index is -3.68. The molecule has 4 rings (SSSR count). The molecule has 1 aliphatic rings. The molecule has 0 spiro atoms. The Morgan fingerprint density at radius 3 is 2.58 bits per heavy atom. The van der Waals surface area contributed by atoms with Crippen LogP contribution in [0.3, 0.4) is 0 Å². The molecule has 2 aromatic carbocycles. The average Bonchev–Trinajstić information content (AvgIpc) is 3.21. The number of rotatable bonds is 6. The first-order valence-corrected chi connectivity index (χ1v) is 11.9. The molecular weight excluding hydrogens is 436 g/mol. The van der Waals surface area contributed by atoms with Crippen molar-refractivity contribution in [1.82, 2.24) is 14.1 Å². The SMILES string of the molecule is O=C(Nc1ccnn1Cc1ccccc1)C1CCCN(S(=O)(=O)c2ccc(Cl)cc2)C1. The molecule has 31 heavy (non-hydrogen) atoms. The van der Waals surface area contributed by atoms with E-state index in [2.05, 4.69) is 10.4 Å². The van der Waals surface area contributed by atoms with Gasteiger partial charge in [-0.2, -0.15) is 9.40 Å². The number of hydrogen-bond donors (Lipinski definition) is 1. The predicted octanol–water partition coefficient (Wildman–Crippen LogP) is 3.62. The van der Waals surface area contributed by atoms with Crippen molar-refractivity contribution in [3.63, 3.8) is 0 Å². The first kappa shape index (κ1) is 21.5. The molecule has 0 aliphatic carbocycles. The summed E-state index contributed by atoms with van der Waals surface area (Å²) in [6.45, 7) is 1.06. The third-order valence-electron chi connectivity index (χ3n) is 5.35. The average molecular weight is 459 g/mol. The molecule has 1 aliphatic heterocycles. The topological polar surface area (TPSA) is 84.3 Å². The Bertz CT molecular complexity index is 1150. The minimum Gasteiger partial charge on any atom is -0.311 e. The second-order valence-electron chi connectivity index (χ2n) is 7.51. The minimum absolute atomic E-state index is 0.142. The highest BCUT2D eigenvalue weighted by atomic mass is 35.5. The van der Waals surface area contributed by atoms with Crippen LogP contribution in [0.1, 0.15) is 18.4 Å². The zero-order valence-corrected chi connectivity index (χ0v) is 18.4. The lowest BCUT2D eigenvalue weighted by atomic mass is 9.99. The fourth-order valence-corrected chi connectivity index (χ4v) is 5.33. The van der Waals surface area contributed by atoms with Crippen molar-refractivity contribution >= 4 is 33.3 Å². The molecule has 2 heterocycles. The fourth-order valence-electron chi connectivity index (χ4n) is 3.68. The highest BCUT2D eigenvalue weighted by molar-refractivity contribution is 7.89. The van der Waals surface area contributed by atoms with Gasteiger partial charge >= 0.3 is 0 Å². The number of hydrogen-bond acceptors (Lipinski definition) is 4. The fraction of sp³-hybridized carbons (Fsp3) is 0.273. The van der Waals surface area contributed by atoms with Gasteiger partial charge in [-0.1, -0.05) is 41.9 Å². The Kier molecular flexibility index (Phi) is 6.41. The van der Waals surface area contributed by atoms with Gasteiger partial charge in [-0.25, -0.2) is 13.1 Å². The molecule has 0 radical (unpaired) electrons. The van der Waals surface area contributed by atoms with Gasteiger partial charge in [0.25, 0.3) is 0 Å².